The van der Waals surface area contributed by atoms with Gasteiger partial charge in [-0.2, -0.15) is 0 Å². The molecule has 0 amide bonds. The van der Waals surface area contributed by atoms with Gasteiger partial charge in [0.25, 0.3) is 0 Å². The second kappa shape index (κ2) is 9.72. The first-order valence-electron chi connectivity index (χ1n) is 11.1. The monoisotopic (exact) mass is 380 g/mol. The maximum Gasteiger partial charge on any atom is 0.451 e. The second-order valence-corrected chi connectivity index (χ2v) is 8.77. The predicted molar refractivity (Wildman–Crippen MR) is 106 cm³/mol. The van der Waals surface area contributed by atoms with Crippen molar-refractivity contribution in [3.05, 3.63) is 0 Å². The second-order valence-electron chi connectivity index (χ2n) is 8.77. The van der Waals surface area contributed by atoms with E-state index in [1.807, 2.05) is 0 Å². The van der Waals surface area contributed by atoms with E-state index in [1.165, 1.54) is 45.6 Å². The van der Waals surface area contributed by atoms with Crippen molar-refractivity contribution in [2.75, 3.05) is 13.7 Å². The molecule has 154 valence electrons. The lowest BCUT2D eigenvalue weighted by Crippen LogP contribution is -2.53. The summed E-state index contributed by atoms with van der Waals surface area (Å²) in [5.74, 6) is -0.0804. The van der Waals surface area contributed by atoms with E-state index in [-0.39, 0.29) is 23.6 Å². The highest BCUT2D eigenvalue weighted by Crippen LogP contribution is 2.44. The van der Waals surface area contributed by atoms with Gasteiger partial charge >= 0.3 is 13.1 Å². The molecule has 1 heterocycles. The fourth-order valence-electron chi connectivity index (χ4n) is 5.76. The topological polar surface area (TPSA) is 82.0 Å². The van der Waals surface area contributed by atoms with Crippen molar-refractivity contribution < 1.29 is 19.6 Å². The van der Waals surface area contributed by atoms with Gasteiger partial charge in [-0.3, -0.25) is 15.0 Å². The molecule has 3 atom stereocenters. The van der Waals surface area contributed by atoms with E-state index in [0.717, 1.165) is 45.1 Å². The van der Waals surface area contributed by atoms with Crippen LogP contribution >= 0.6 is 0 Å². The number of carbonyl (C=O) groups excluding carboxylic acids is 1. The Kier molecular flexibility index (Phi) is 7.60. The number of nitrogens with one attached hydrogen (secondary N) is 1. The minimum absolute atomic E-state index is 0.0246. The van der Waals surface area contributed by atoms with Gasteiger partial charge in [-0.25, -0.2) is 0 Å². The minimum atomic E-state index is -1.19. The van der Waals surface area contributed by atoms with Crippen LogP contribution in [0.5, 0.6) is 0 Å². The Hall–Kier alpha value is -0.625. The summed E-state index contributed by atoms with van der Waals surface area (Å²) in [4.78, 5) is 15.1. The van der Waals surface area contributed by atoms with Gasteiger partial charge in [0.15, 0.2) is 0 Å². The third kappa shape index (κ3) is 4.87. The third-order valence-electron chi connectivity index (χ3n) is 7.04. The van der Waals surface area contributed by atoms with Crippen molar-refractivity contribution in [1.82, 2.24) is 10.2 Å². The number of fused-ring (bicyclic) bond motifs is 1. The number of carbonyl (C=O) groups is 1. The lowest BCUT2D eigenvalue weighted by atomic mass is 9.81. The molecule has 0 aromatic heterocycles. The summed E-state index contributed by atoms with van der Waals surface area (Å²) < 4.78 is 5.12. The molecule has 3 aliphatic rings. The van der Waals surface area contributed by atoms with Crippen LogP contribution in [0.1, 0.15) is 77.0 Å². The Morgan fingerprint density at radius 1 is 1.11 bits per heavy atom. The van der Waals surface area contributed by atoms with Gasteiger partial charge in [0.05, 0.1) is 18.7 Å². The van der Waals surface area contributed by atoms with Crippen molar-refractivity contribution in [3.8, 4) is 0 Å². The molecule has 0 aromatic rings. The van der Waals surface area contributed by atoms with Gasteiger partial charge in [0, 0.05) is 18.6 Å². The number of rotatable bonds is 7. The molecule has 3 rings (SSSR count). The van der Waals surface area contributed by atoms with E-state index >= 15 is 0 Å². The molecule has 1 saturated heterocycles. The lowest BCUT2D eigenvalue weighted by Gasteiger charge is -2.41. The smallest absolute Gasteiger partial charge is 0.451 e. The molecule has 7 heteroatoms. The van der Waals surface area contributed by atoms with Crippen LogP contribution in [0.4, 0.5) is 0 Å². The van der Waals surface area contributed by atoms with Crippen LogP contribution in [0.25, 0.3) is 0 Å². The summed E-state index contributed by atoms with van der Waals surface area (Å²) in [7, 11) is 0.325. The SMILES string of the molecule is COC(=O)C1CCCC2C1NC1(CCCCCC1)N2CCCCCB(O)O. The first-order valence-corrected chi connectivity index (χ1v) is 11.1. The summed E-state index contributed by atoms with van der Waals surface area (Å²) in [5.41, 5.74) is 0.0406. The average Bonchev–Trinajstić information content (AvgIpc) is 2.79. The minimum Gasteiger partial charge on any atom is -0.469 e. The van der Waals surface area contributed by atoms with Crippen molar-refractivity contribution in [2.24, 2.45) is 5.92 Å². The lowest BCUT2D eigenvalue weighted by molar-refractivity contribution is -0.147. The summed E-state index contributed by atoms with van der Waals surface area (Å²) in [6, 6.07) is 0.632. The van der Waals surface area contributed by atoms with Gasteiger partial charge in [-0.15, -0.1) is 0 Å². The van der Waals surface area contributed by atoms with Crippen LogP contribution in [-0.4, -0.2) is 59.4 Å². The van der Waals surface area contributed by atoms with Crippen molar-refractivity contribution >= 4 is 13.1 Å². The molecule has 3 N–H and O–H groups in total. The van der Waals surface area contributed by atoms with Crippen molar-refractivity contribution in [2.45, 2.75) is 101 Å². The third-order valence-corrected chi connectivity index (χ3v) is 7.04. The number of esters is 1. The van der Waals surface area contributed by atoms with Crippen LogP contribution in [0.3, 0.4) is 0 Å². The first kappa shape index (κ1) is 21.1. The molecule has 6 nitrogen and oxygen atoms in total. The molecule has 3 fully saturated rings. The first-order chi connectivity index (χ1) is 13.1. The van der Waals surface area contributed by atoms with E-state index in [2.05, 4.69) is 10.2 Å². The van der Waals surface area contributed by atoms with E-state index in [1.54, 1.807) is 0 Å². The molecule has 1 spiro atoms. The highest BCUT2D eigenvalue weighted by atomic mass is 16.5. The van der Waals surface area contributed by atoms with Crippen molar-refractivity contribution in [3.63, 3.8) is 0 Å². The Morgan fingerprint density at radius 3 is 2.52 bits per heavy atom. The zero-order valence-electron chi connectivity index (χ0n) is 16.9. The van der Waals surface area contributed by atoms with Gasteiger partial charge in [-0.1, -0.05) is 44.9 Å². The number of hydrogen-bond acceptors (Lipinski definition) is 6. The average molecular weight is 380 g/mol. The molecular weight excluding hydrogens is 343 g/mol. The van der Waals surface area contributed by atoms with Crippen LogP contribution in [-0.2, 0) is 9.53 Å². The Balaban J connectivity index is 1.71. The maximum atomic E-state index is 12.4. The predicted octanol–water partition coefficient (Wildman–Crippen LogP) is 2.30. The Bertz CT molecular complexity index is 483. The zero-order valence-corrected chi connectivity index (χ0v) is 16.9. The number of nitrogens with zero attached hydrogens (tertiary/aromatic N) is 1. The molecule has 0 bridgehead atoms. The molecule has 3 unspecified atom stereocenters. The normalized spacial score (nSPS) is 30.7. The molecule has 0 aromatic carbocycles. The van der Waals surface area contributed by atoms with Gasteiger partial charge in [0.1, 0.15) is 0 Å². The Morgan fingerprint density at radius 2 is 1.85 bits per heavy atom. The zero-order chi connectivity index (χ0) is 19.3. The van der Waals surface area contributed by atoms with Crippen LogP contribution in [0, 0.1) is 5.92 Å². The summed E-state index contributed by atoms with van der Waals surface area (Å²) in [5, 5.41) is 22.1. The number of ether oxygens (including phenoxy) is 1. The molecular formula is C20H37BN2O4. The highest BCUT2D eigenvalue weighted by molar-refractivity contribution is 6.40. The Labute approximate surface area is 164 Å². The van der Waals surface area contributed by atoms with Crippen LogP contribution in [0.2, 0.25) is 6.32 Å². The number of unbranched alkanes of at least 4 members (excludes halogenated alkanes) is 2. The highest BCUT2D eigenvalue weighted by Gasteiger charge is 2.54. The van der Waals surface area contributed by atoms with E-state index in [0.29, 0.717) is 12.4 Å². The standard InChI is InChI=1S/C20H37BN2O4/c1-27-19(24)16-10-9-11-17-18(16)22-20(12-5-2-3-6-13-20)23(17)15-8-4-7-14-21(25)26/h16-18,22,25-26H,2-15H2,1H3. The largest absolute Gasteiger partial charge is 0.469 e. The number of hydrogen-bond donors (Lipinski definition) is 3. The van der Waals surface area contributed by atoms with E-state index < -0.39 is 7.12 Å². The van der Waals surface area contributed by atoms with Crippen LogP contribution < -0.4 is 5.32 Å². The summed E-state index contributed by atoms with van der Waals surface area (Å²) >= 11 is 0. The van der Waals surface area contributed by atoms with E-state index in [9.17, 15) is 4.79 Å². The molecule has 2 saturated carbocycles. The van der Waals surface area contributed by atoms with E-state index in [4.69, 9.17) is 14.8 Å². The molecule has 2 aliphatic carbocycles. The fourth-order valence-corrected chi connectivity index (χ4v) is 5.76. The summed E-state index contributed by atoms with van der Waals surface area (Å²) in [6.45, 7) is 1.03. The maximum absolute atomic E-state index is 12.4. The van der Waals surface area contributed by atoms with Gasteiger partial charge in [0.2, 0.25) is 0 Å². The molecule has 27 heavy (non-hydrogen) atoms. The van der Waals surface area contributed by atoms with Gasteiger partial charge < -0.3 is 14.8 Å². The molecule has 0 radical (unpaired) electrons. The quantitative estimate of drug-likeness (QED) is 0.357. The number of methoxy groups -OCH3 is 1. The van der Waals surface area contributed by atoms with Gasteiger partial charge in [-0.05, 0) is 38.4 Å². The molecule has 1 aliphatic heterocycles. The fraction of sp³-hybridized carbons (Fsp3) is 0.950. The summed E-state index contributed by atoms with van der Waals surface area (Å²) in [6.07, 6.45) is 14.0. The van der Waals surface area contributed by atoms with Crippen molar-refractivity contribution in [1.29, 1.82) is 0 Å². The van der Waals surface area contributed by atoms with Crippen LogP contribution in [0.15, 0.2) is 0 Å².